The van der Waals surface area contributed by atoms with Crippen molar-refractivity contribution in [2.45, 2.75) is 116 Å². The van der Waals surface area contributed by atoms with Crippen LogP contribution in [0.2, 0.25) is 0 Å². The third-order valence-corrected chi connectivity index (χ3v) is 7.35. The fraction of sp³-hybridized carbons (Fsp3) is 0.611. The second-order valence-corrected chi connectivity index (χ2v) is 12.1. The molecular formula is C36H60NO8P. The van der Waals surface area contributed by atoms with Crippen LogP contribution in [0.1, 0.15) is 110 Å². The minimum Gasteiger partial charge on any atom is -0.462 e. The number of ether oxygens (including phenoxy) is 2. The van der Waals surface area contributed by atoms with E-state index in [4.69, 9.17) is 24.3 Å². The Labute approximate surface area is 278 Å². The van der Waals surface area contributed by atoms with E-state index < -0.39 is 32.5 Å². The van der Waals surface area contributed by atoms with Crippen LogP contribution in [0, 0.1) is 0 Å². The maximum Gasteiger partial charge on any atom is 0.472 e. The van der Waals surface area contributed by atoms with Crippen LogP contribution < -0.4 is 5.73 Å². The van der Waals surface area contributed by atoms with Crippen LogP contribution in [0.25, 0.3) is 0 Å². The number of rotatable bonds is 30. The molecule has 0 aliphatic rings. The monoisotopic (exact) mass is 665 g/mol. The molecule has 0 radical (unpaired) electrons. The van der Waals surface area contributed by atoms with Crippen LogP contribution in [-0.2, 0) is 32.7 Å². The molecule has 0 aromatic heterocycles. The largest absolute Gasteiger partial charge is 0.472 e. The summed E-state index contributed by atoms with van der Waals surface area (Å²) >= 11 is 0. The summed E-state index contributed by atoms with van der Waals surface area (Å²) in [4.78, 5) is 34.3. The lowest BCUT2D eigenvalue weighted by molar-refractivity contribution is -0.161. The van der Waals surface area contributed by atoms with Gasteiger partial charge in [0.1, 0.15) is 6.61 Å². The quantitative estimate of drug-likeness (QED) is 0.0334. The molecule has 0 aromatic rings. The van der Waals surface area contributed by atoms with E-state index in [1.165, 1.54) is 6.42 Å². The smallest absolute Gasteiger partial charge is 0.462 e. The van der Waals surface area contributed by atoms with Crippen LogP contribution in [-0.4, -0.2) is 49.3 Å². The van der Waals surface area contributed by atoms with Gasteiger partial charge in [-0.3, -0.25) is 18.6 Å². The summed E-state index contributed by atoms with van der Waals surface area (Å²) in [7, 11) is -4.38. The molecule has 10 heteroatoms. The van der Waals surface area contributed by atoms with Crippen LogP contribution in [0.15, 0.2) is 72.9 Å². The molecule has 0 spiro atoms. The van der Waals surface area contributed by atoms with E-state index in [1.54, 1.807) is 0 Å². The zero-order valence-electron chi connectivity index (χ0n) is 28.3. The van der Waals surface area contributed by atoms with Gasteiger partial charge in [-0.05, 0) is 51.4 Å². The molecule has 2 atom stereocenters. The highest BCUT2D eigenvalue weighted by molar-refractivity contribution is 7.47. The van der Waals surface area contributed by atoms with Crippen molar-refractivity contribution >= 4 is 19.8 Å². The summed E-state index contributed by atoms with van der Waals surface area (Å²) in [5.74, 6) is -0.947. The zero-order chi connectivity index (χ0) is 34.0. The molecule has 0 fully saturated rings. The number of unbranched alkanes of at least 4 members (excludes halogenated alkanes) is 5. The Morgan fingerprint density at radius 1 is 0.674 bits per heavy atom. The maximum absolute atomic E-state index is 12.4. The Kier molecular flexibility index (Phi) is 30.6. The number of carbonyl (C=O) groups is 2. The van der Waals surface area contributed by atoms with Crippen LogP contribution >= 0.6 is 7.82 Å². The van der Waals surface area contributed by atoms with Gasteiger partial charge < -0.3 is 20.1 Å². The number of hydrogen-bond donors (Lipinski definition) is 2. The standard InChI is InChI=1S/C36H60NO8P/c1-3-5-7-9-11-12-13-14-15-16-17-18-19-20-21-22-23-25-27-29-36(39)45-34(33-44-46(40,41)43-31-30-37)32-42-35(38)28-26-24-10-8-6-4-2/h5,7,11-12,14-15,17-18,20-21,23,25,34H,3-4,6,8-10,13,16,19,22,24,26-33,37H2,1-2H3,(H,40,41)/b7-5-,12-11-,15-14-,18-17-,21-20-,25-23-. The van der Waals surface area contributed by atoms with Crippen LogP contribution in [0.3, 0.4) is 0 Å². The first kappa shape index (κ1) is 43.5. The molecule has 262 valence electrons. The molecule has 0 heterocycles. The number of allylic oxidation sites excluding steroid dienone is 12. The molecule has 0 amide bonds. The molecule has 0 aromatic carbocycles. The van der Waals surface area contributed by atoms with Crippen molar-refractivity contribution in [3.63, 3.8) is 0 Å². The van der Waals surface area contributed by atoms with E-state index in [0.29, 0.717) is 12.8 Å². The fourth-order valence-corrected chi connectivity index (χ4v) is 4.66. The van der Waals surface area contributed by atoms with Crippen molar-refractivity contribution in [1.29, 1.82) is 0 Å². The van der Waals surface area contributed by atoms with Gasteiger partial charge >= 0.3 is 19.8 Å². The van der Waals surface area contributed by atoms with Gasteiger partial charge in [0, 0.05) is 19.4 Å². The molecule has 46 heavy (non-hydrogen) atoms. The SMILES string of the molecule is CC/C=C\C/C=C\C/C=C\C/C=C\C/C=C\C/C=C\CCC(=O)OC(COC(=O)CCCCCCCC)COP(=O)(O)OCCN. The summed E-state index contributed by atoms with van der Waals surface area (Å²) in [6.07, 6.45) is 37.0. The molecule has 0 bridgehead atoms. The van der Waals surface area contributed by atoms with Gasteiger partial charge in [-0.25, -0.2) is 4.57 Å². The lowest BCUT2D eigenvalue weighted by Gasteiger charge is -2.19. The topological polar surface area (TPSA) is 134 Å². The highest BCUT2D eigenvalue weighted by Crippen LogP contribution is 2.43. The highest BCUT2D eigenvalue weighted by atomic mass is 31.2. The fourth-order valence-electron chi connectivity index (χ4n) is 3.89. The molecule has 0 aliphatic carbocycles. The van der Waals surface area contributed by atoms with Gasteiger partial charge in [-0.2, -0.15) is 0 Å². The predicted octanol–water partition coefficient (Wildman–Crippen LogP) is 8.76. The Morgan fingerprint density at radius 2 is 1.20 bits per heavy atom. The van der Waals surface area contributed by atoms with Crippen molar-refractivity contribution in [2.75, 3.05) is 26.4 Å². The number of phosphoric ester groups is 1. The molecule has 2 unspecified atom stereocenters. The van der Waals surface area contributed by atoms with E-state index in [2.05, 4.69) is 74.6 Å². The van der Waals surface area contributed by atoms with Crippen molar-refractivity contribution < 1.29 is 37.6 Å². The van der Waals surface area contributed by atoms with E-state index >= 15 is 0 Å². The summed E-state index contributed by atoms with van der Waals surface area (Å²) < 4.78 is 32.3. The van der Waals surface area contributed by atoms with E-state index in [-0.39, 0.29) is 32.6 Å². The number of hydrogen-bond acceptors (Lipinski definition) is 8. The molecule has 9 nitrogen and oxygen atoms in total. The third-order valence-electron chi connectivity index (χ3n) is 6.37. The number of esters is 2. The minimum absolute atomic E-state index is 0.0387. The predicted molar refractivity (Wildman–Crippen MR) is 187 cm³/mol. The Bertz CT molecular complexity index is 986. The van der Waals surface area contributed by atoms with E-state index in [0.717, 1.165) is 64.2 Å². The normalized spacial score (nSPS) is 14.4. The number of carbonyl (C=O) groups excluding carboxylic acids is 2. The van der Waals surface area contributed by atoms with E-state index in [9.17, 15) is 19.0 Å². The molecular weight excluding hydrogens is 605 g/mol. The first-order valence-electron chi connectivity index (χ1n) is 16.9. The number of nitrogens with two attached hydrogens (primary N) is 1. The Hall–Kier alpha value is -2.55. The van der Waals surface area contributed by atoms with Gasteiger partial charge in [0.05, 0.1) is 13.2 Å². The van der Waals surface area contributed by atoms with Gasteiger partial charge in [0.25, 0.3) is 0 Å². The zero-order valence-corrected chi connectivity index (χ0v) is 29.2. The summed E-state index contributed by atoms with van der Waals surface area (Å²) in [6, 6.07) is 0. The van der Waals surface area contributed by atoms with Crippen molar-refractivity contribution in [3.05, 3.63) is 72.9 Å². The molecule has 0 rings (SSSR count). The lowest BCUT2D eigenvalue weighted by atomic mass is 10.1. The molecule has 0 aliphatic heterocycles. The first-order valence-corrected chi connectivity index (χ1v) is 18.4. The van der Waals surface area contributed by atoms with Gasteiger partial charge in [0.2, 0.25) is 0 Å². The highest BCUT2D eigenvalue weighted by Gasteiger charge is 2.25. The van der Waals surface area contributed by atoms with Crippen molar-refractivity contribution in [2.24, 2.45) is 5.73 Å². The molecule has 3 N–H and O–H groups in total. The minimum atomic E-state index is -4.38. The van der Waals surface area contributed by atoms with Crippen LogP contribution in [0.4, 0.5) is 0 Å². The first-order chi connectivity index (χ1) is 22.3. The summed E-state index contributed by atoms with van der Waals surface area (Å²) in [6.45, 7) is 3.41. The Balaban J connectivity index is 4.38. The van der Waals surface area contributed by atoms with Crippen LogP contribution in [0.5, 0.6) is 0 Å². The molecule has 0 saturated heterocycles. The van der Waals surface area contributed by atoms with Crippen molar-refractivity contribution in [3.8, 4) is 0 Å². The van der Waals surface area contributed by atoms with Crippen molar-refractivity contribution in [1.82, 2.24) is 0 Å². The third kappa shape index (κ3) is 31.4. The number of phosphoric acid groups is 1. The van der Waals surface area contributed by atoms with Gasteiger partial charge in [-0.15, -0.1) is 0 Å². The average Bonchev–Trinajstić information content (AvgIpc) is 3.04. The summed E-state index contributed by atoms with van der Waals surface area (Å²) in [5, 5.41) is 0. The second kappa shape index (κ2) is 32.4. The van der Waals surface area contributed by atoms with E-state index in [1.807, 2.05) is 12.2 Å². The lowest BCUT2D eigenvalue weighted by Crippen LogP contribution is -2.29. The maximum atomic E-state index is 12.4. The second-order valence-electron chi connectivity index (χ2n) is 10.7. The molecule has 0 saturated carbocycles. The summed E-state index contributed by atoms with van der Waals surface area (Å²) in [5.41, 5.74) is 5.30. The van der Waals surface area contributed by atoms with Gasteiger partial charge in [-0.1, -0.05) is 119 Å². The average molecular weight is 666 g/mol. The Morgan fingerprint density at radius 3 is 1.74 bits per heavy atom. The van der Waals surface area contributed by atoms with Gasteiger partial charge in [0.15, 0.2) is 6.10 Å².